The molecule has 8 nitrogen and oxygen atoms in total. The van der Waals surface area contributed by atoms with E-state index in [2.05, 4.69) is 15.3 Å². The number of nitrogens with one attached hydrogen (secondary N) is 1. The van der Waals surface area contributed by atoms with Gasteiger partial charge in [-0.3, -0.25) is 19.2 Å². The number of aromatic nitrogens is 2. The molecule has 2 heterocycles. The van der Waals surface area contributed by atoms with Crippen LogP contribution in [0.5, 0.6) is 0 Å². The molecule has 1 amide bonds. The number of carbonyl (C=O) groups excluding carboxylic acids is 1. The summed E-state index contributed by atoms with van der Waals surface area (Å²) in [7, 11) is 0. The summed E-state index contributed by atoms with van der Waals surface area (Å²) in [6.07, 6.45) is 1.57. The lowest BCUT2D eigenvalue weighted by Crippen LogP contribution is -2.35. The van der Waals surface area contributed by atoms with Crippen LogP contribution in [0.2, 0.25) is 0 Å². The molecule has 3 rings (SSSR count). The smallest absolute Gasteiger partial charge is 0.305 e. The zero-order valence-electron chi connectivity index (χ0n) is 14.4. The highest BCUT2D eigenvalue weighted by atomic mass is 16.5. The predicted molar refractivity (Wildman–Crippen MR) is 95.0 cm³/mol. The summed E-state index contributed by atoms with van der Waals surface area (Å²) in [5.74, 6) is -1.22. The van der Waals surface area contributed by atoms with E-state index >= 15 is 0 Å². The van der Waals surface area contributed by atoms with Gasteiger partial charge in [0.1, 0.15) is 0 Å². The van der Waals surface area contributed by atoms with E-state index in [1.165, 1.54) is 4.68 Å². The fourth-order valence-corrected chi connectivity index (χ4v) is 2.78. The van der Waals surface area contributed by atoms with E-state index in [0.717, 1.165) is 38.4 Å². The summed E-state index contributed by atoms with van der Waals surface area (Å²) >= 11 is 0. The minimum absolute atomic E-state index is 0.0354. The van der Waals surface area contributed by atoms with Gasteiger partial charge in [-0.15, -0.1) is 0 Å². The Labute approximate surface area is 151 Å². The lowest BCUT2D eigenvalue weighted by atomic mass is 10.2. The van der Waals surface area contributed by atoms with E-state index < -0.39 is 5.97 Å². The number of hydrogen-bond acceptors (Lipinski definition) is 5. The Kier molecular flexibility index (Phi) is 5.98. The second kappa shape index (κ2) is 8.59. The molecular weight excluding hydrogens is 336 g/mol. The molecule has 2 aromatic rings. The third-order valence-electron chi connectivity index (χ3n) is 4.12. The number of carbonyl (C=O) groups is 2. The number of rotatable bonds is 7. The molecule has 0 bridgehead atoms. The lowest BCUT2D eigenvalue weighted by molar-refractivity contribution is -0.137. The number of morpholine rings is 1. The van der Waals surface area contributed by atoms with Gasteiger partial charge in [0, 0.05) is 31.5 Å². The minimum Gasteiger partial charge on any atom is -0.481 e. The topological polar surface area (TPSA) is 96.7 Å². The number of carboxylic acid groups (broad SMARTS) is 1. The van der Waals surface area contributed by atoms with Crippen molar-refractivity contribution in [3.05, 3.63) is 47.8 Å². The van der Waals surface area contributed by atoms with E-state index in [9.17, 15) is 9.59 Å². The number of hydrogen-bond donors (Lipinski definition) is 2. The first-order valence-electron chi connectivity index (χ1n) is 8.56. The van der Waals surface area contributed by atoms with Crippen LogP contribution in [0.15, 0.2) is 36.5 Å². The number of amides is 1. The Balaban J connectivity index is 1.58. The van der Waals surface area contributed by atoms with Crippen molar-refractivity contribution in [2.45, 2.75) is 19.5 Å². The summed E-state index contributed by atoms with van der Waals surface area (Å²) in [5.41, 5.74) is 2.09. The SMILES string of the molecule is O=C(O)CCn1ccc(C(=O)Nc2cccc(CN3CCOCC3)c2)n1. The van der Waals surface area contributed by atoms with Crippen molar-refractivity contribution in [2.24, 2.45) is 0 Å². The Hall–Kier alpha value is -2.71. The third-order valence-corrected chi connectivity index (χ3v) is 4.12. The molecule has 1 fully saturated rings. The Bertz CT molecular complexity index is 768. The van der Waals surface area contributed by atoms with Gasteiger partial charge in [0.25, 0.3) is 5.91 Å². The van der Waals surface area contributed by atoms with Crippen molar-refractivity contribution >= 4 is 17.6 Å². The fraction of sp³-hybridized carbons (Fsp3) is 0.389. The van der Waals surface area contributed by atoms with Gasteiger partial charge in [-0.1, -0.05) is 12.1 Å². The van der Waals surface area contributed by atoms with Gasteiger partial charge in [-0.05, 0) is 23.8 Å². The van der Waals surface area contributed by atoms with Crippen molar-refractivity contribution in [2.75, 3.05) is 31.6 Å². The molecule has 26 heavy (non-hydrogen) atoms. The van der Waals surface area contributed by atoms with E-state index in [0.29, 0.717) is 5.69 Å². The minimum atomic E-state index is -0.899. The zero-order valence-corrected chi connectivity index (χ0v) is 14.4. The number of nitrogens with zero attached hydrogens (tertiary/aromatic N) is 3. The van der Waals surface area contributed by atoms with Gasteiger partial charge in [0.05, 0.1) is 26.2 Å². The maximum absolute atomic E-state index is 12.3. The average molecular weight is 358 g/mol. The molecule has 1 aromatic heterocycles. The Morgan fingerprint density at radius 1 is 1.23 bits per heavy atom. The summed E-state index contributed by atoms with van der Waals surface area (Å²) in [4.78, 5) is 25.2. The molecule has 0 unspecified atom stereocenters. The first-order chi connectivity index (χ1) is 12.6. The van der Waals surface area contributed by atoms with E-state index in [1.807, 2.05) is 24.3 Å². The fourth-order valence-electron chi connectivity index (χ4n) is 2.78. The van der Waals surface area contributed by atoms with Gasteiger partial charge in [0.2, 0.25) is 0 Å². The molecule has 2 N–H and O–H groups in total. The van der Waals surface area contributed by atoms with Crippen LogP contribution in [0.4, 0.5) is 5.69 Å². The Morgan fingerprint density at radius 2 is 2.04 bits per heavy atom. The van der Waals surface area contributed by atoms with Crippen LogP contribution >= 0.6 is 0 Å². The molecule has 0 atom stereocenters. The number of aryl methyl sites for hydroxylation is 1. The largest absolute Gasteiger partial charge is 0.481 e. The first kappa shape index (κ1) is 18.1. The maximum Gasteiger partial charge on any atom is 0.305 e. The highest BCUT2D eigenvalue weighted by molar-refractivity contribution is 6.02. The normalized spacial score (nSPS) is 14.9. The summed E-state index contributed by atoms with van der Waals surface area (Å²) in [5, 5.41) is 15.7. The summed E-state index contributed by atoms with van der Waals surface area (Å²) in [6.45, 7) is 4.37. The molecule has 0 saturated carbocycles. The van der Waals surface area contributed by atoms with Gasteiger partial charge in [-0.25, -0.2) is 0 Å². The van der Waals surface area contributed by atoms with Crippen molar-refractivity contribution in [3.8, 4) is 0 Å². The van der Waals surface area contributed by atoms with Crippen LogP contribution in [0, 0.1) is 0 Å². The highest BCUT2D eigenvalue weighted by Gasteiger charge is 2.13. The quantitative estimate of drug-likeness (QED) is 0.777. The molecule has 0 radical (unpaired) electrons. The van der Waals surface area contributed by atoms with Crippen LogP contribution in [0.25, 0.3) is 0 Å². The predicted octanol–water partition coefficient (Wildman–Crippen LogP) is 1.44. The standard InChI is InChI=1S/C18H22N4O4/c23-17(24)5-7-22-6-4-16(20-22)18(25)19-15-3-1-2-14(12-15)13-21-8-10-26-11-9-21/h1-4,6,12H,5,7-11,13H2,(H,19,25)(H,23,24). The molecule has 1 aromatic carbocycles. The second-order valence-corrected chi connectivity index (χ2v) is 6.15. The van der Waals surface area contributed by atoms with Gasteiger partial charge in [0.15, 0.2) is 5.69 Å². The molecule has 0 aliphatic carbocycles. The summed E-state index contributed by atoms with van der Waals surface area (Å²) < 4.78 is 6.81. The van der Waals surface area contributed by atoms with Crippen LogP contribution in [0.1, 0.15) is 22.5 Å². The average Bonchev–Trinajstić information content (AvgIpc) is 3.10. The van der Waals surface area contributed by atoms with Crippen LogP contribution in [-0.4, -0.2) is 58.0 Å². The Morgan fingerprint density at radius 3 is 2.81 bits per heavy atom. The number of aliphatic carboxylic acids is 1. The lowest BCUT2D eigenvalue weighted by Gasteiger charge is -2.26. The second-order valence-electron chi connectivity index (χ2n) is 6.15. The number of anilines is 1. The van der Waals surface area contributed by atoms with E-state index in [-0.39, 0.29) is 24.6 Å². The van der Waals surface area contributed by atoms with Crippen molar-refractivity contribution in [1.29, 1.82) is 0 Å². The van der Waals surface area contributed by atoms with Crippen LogP contribution in [-0.2, 0) is 22.6 Å². The number of ether oxygens (including phenoxy) is 1. The maximum atomic E-state index is 12.3. The molecule has 138 valence electrons. The third kappa shape index (κ3) is 5.14. The monoisotopic (exact) mass is 358 g/mol. The van der Waals surface area contributed by atoms with Crippen molar-refractivity contribution < 1.29 is 19.4 Å². The molecular formula is C18H22N4O4. The van der Waals surface area contributed by atoms with Gasteiger partial charge < -0.3 is 15.2 Å². The van der Waals surface area contributed by atoms with Gasteiger partial charge >= 0.3 is 5.97 Å². The molecule has 0 spiro atoms. The van der Waals surface area contributed by atoms with Gasteiger partial charge in [-0.2, -0.15) is 5.10 Å². The molecule has 1 saturated heterocycles. The highest BCUT2D eigenvalue weighted by Crippen LogP contribution is 2.14. The van der Waals surface area contributed by atoms with Crippen LogP contribution < -0.4 is 5.32 Å². The van der Waals surface area contributed by atoms with Crippen LogP contribution in [0.3, 0.4) is 0 Å². The molecule has 8 heteroatoms. The summed E-state index contributed by atoms with van der Waals surface area (Å²) in [6, 6.07) is 9.31. The molecule has 1 aliphatic heterocycles. The first-order valence-corrected chi connectivity index (χ1v) is 8.56. The van der Waals surface area contributed by atoms with E-state index in [4.69, 9.17) is 9.84 Å². The van der Waals surface area contributed by atoms with E-state index in [1.54, 1.807) is 12.3 Å². The number of carboxylic acids is 1. The van der Waals surface area contributed by atoms with Crippen molar-refractivity contribution in [3.63, 3.8) is 0 Å². The number of benzene rings is 1. The zero-order chi connectivity index (χ0) is 18.4. The van der Waals surface area contributed by atoms with Crippen molar-refractivity contribution in [1.82, 2.24) is 14.7 Å². The molecule has 1 aliphatic rings.